The van der Waals surface area contributed by atoms with Gasteiger partial charge in [0.05, 0.1) is 12.2 Å². The Morgan fingerprint density at radius 3 is 2.68 bits per heavy atom. The average Bonchev–Trinajstić information content (AvgIpc) is 2.42. The van der Waals surface area contributed by atoms with Crippen LogP contribution in [0, 0.1) is 23.6 Å². The predicted octanol–water partition coefficient (Wildman–Crippen LogP) is 4.62. The van der Waals surface area contributed by atoms with Gasteiger partial charge in [-0.05, 0) is 18.1 Å². The monoisotopic (exact) mass is 282 g/mol. The van der Waals surface area contributed by atoms with Gasteiger partial charge in [-0.25, -0.2) is 4.39 Å². The molecule has 0 spiro atoms. The molecule has 0 amide bonds. The van der Waals surface area contributed by atoms with Crippen molar-refractivity contribution in [2.75, 3.05) is 12.5 Å². The van der Waals surface area contributed by atoms with E-state index in [-0.39, 0.29) is 5.82 Å². The molecule has 0 aliphatic carbocycles. The highest BCUT2D eigenvalue weighted by atomic mass is 35.5. The standard InChI is InChI=1S/C16H20ClFO/c1-3-13(4-2)12-19-16-11-15(18)9-8-14(16)7-5-6-10-17/h8-9,11,13H,3-4,6,10,12H2,1-2H3. The molecular formula is C16H20ClFO. The van der Waals surface area contributed by atoms with Gasteiger partial charge in [0.25, 0.3) is 0 Å². The van der Waals surface area contributed by atoms with Gasteiger partial charge in [0.1, 0.15) is 11.6 Å². The molecule has 0 heterocycles. The van der Waals surface area contributed by atoms with Crippen LogP contribution < -0.4 is 4.74 Å². The fourth-order valence-electron chi connectivity index (χ4n) is 1.66. The van der Waals surface area contributed by atoms with Crippen LogP contribution in [0.15, 0.2) is 18.2 Å². The minimum absolute atomic E-state index is 0.303. The molecule has 0 aromatic heterocycles. The lowest BCUT2D eigenvalue weighted by atomic mass is 10.1. The number of halogens is 2. The first kappa shape index (κ1) is 15.9. The van der Waals surface area contributed by atoms with Crippen molar-refractivity contribution in [1.82, 2.24) is 0 Å². The van der Waals surface area contributed by atoms with Crippen LogP contribution in [-0.2, 0) is 0 Å². The molecule has 1 aromatic rings. The summed E-state index contributed by atoms with van der Waals surface area (Å²) in [6.07, 6.45) is 2.73. The van der Waals surface area contributed by atoms with Gasteiger partial charge in [-0.3, -0.25) is 0 Å². The van der Waals surface area contributed by atoms with E-state index in [9.17, 15) is 4.39 Å². The van der Waals surface area contributed by atoms with Gasteiger partial charge in [0.2, 0.25) is 0 Å². The molecule has 0 radical (unpaired) electrons. The van der Waals surface area contributed by atoms with Crippen LogP contribution in [0.1, 0.15) is 38.7 Å². The second kappa shape index (κ2) is 8.82. The molecule has 0 saturated carbocycles. The summed E-state index contributed by atoms with van der Waals surface area (Å²) in [5.74, 6) is 7.13. The lowest BCUT2D eigenvalue weighted by Crippen LogP contribution is -2.10. The number of rotatable bonds is 6. The highest BCUT2D eigenvalue weighted by Gasteiger charge is 2.08. The molecule has 19 heavy (non-hydrogen) atoms. The van der Waals surface area contributed by atoms with Gasteiger partial charge in [-0.15, -0.1) is 11.6 Å². The number of hydrogen-bond donors (Lipinski definition) is 0. The Morgan fingerprint density at radius 2 is 2.05 bits per heavy atom. The van der Waals surface area contributed by atoms with Crippen LogP contribution in [0.4, 0.5) is 4.39 Å². The summed E-state index contributed by atoms with van der Waals surface area (Å²) in [7, 11) is 0. The minimum atomic E-state index is -0.303. The highest BCUT2D eigenvalue weighted by molar-refractivity contribution is 6.18. The molecule has 1 nitrogen and oxygen atoms in total. The lowest BCUT2D eigenvalue weighted by Gasteiger charge is -2.14. The number of ether oxygens (including phenoxy) is 1. The molecule has 3 heteroatoms. The fourth-order valence-corrected chi connectivity index (χ4v) is 1.75. The summed E-state index contributed by atoms with van der Waals surface area (Å²) in [5.41, 5.74) is 0.720. The Kier molecular flexibility index (Phi) is 7.36. The van der Waals surface area contributed by atoms with E-state index in [2.05, 4.69) is 25.7 Å². The van der Waals surface area contributed by atoms with Gasteiger partial charge >= 0.3 is 0 Å². The van der Waals surface area contributed by atoms with E-state index >= 15 is 0 Å². The van der Waals surface area contributed by atoms with E-state index in [1.807, 2.05) is 0 Å². The maximum Gasteiger partial charge on any atom is 0.137 e. The van der Waals surface area contributed by atoms with E-state index in [0.29, 0.717) is 30.6 Å². The Labute approximate surface area is 120 Å². The van der Waals surface area contributed by atoms with Crippen LogP contribution in [0.25, 0.3) is 0 Å². The Hall–Kier alpha value is -1.20. The predicted molar refractivity (Wildman–Crippen MR) is 78.2 cm³/mol. The van der Waals surface area contributed by atoms with E-state index < -0.39 is 0 Å². The van der Waals surface area contributed by atoms with Gasteiger partial charge in [-0.2, -0.15) is 0 Å². The number of hydrogen-bond acceptors (Lipinski definition) is 1. The zero-order chi connectivity index (χ0) is 14.1. The zero-order valence-electron chi connectivity index (χ0n) is 11.5. The second-order valence-electron chi connectivity index (χ2n) is 4.37. The summed E-state index contributed by atoms with van der Waals surface area (Å²) in [6, 6.07) is 4.45. The van der Waals surface area contributed by atoms with Gasteiger partial charge in [0, 0.05) is 18.4 Å². The average molecular weight is 283 g/mol. The molecule has 0 unspecified atom stereocenters. The molecule has 0 atom stereocenters. The summed E-state index contributed by atoms with van der Waals surface area (Å²) in [6.45, 7) is 4.86. The molecule has 0 N–H and O–H groups in total. The Bertz CT molecular complexity index is 444. The van der Waals surface area contributed by atoms with Gasteiger partial charge < -0.3 is 4.74 Å². The fraction of sp³-hybridized carbons (Fsp3) is 0.500. The SMILES string of the molecule is CCC(CC)COc1cc(F)ccc1C#CCCCl. The summed E-state index contributed by atoms with van der Waals surface area (Å²) < 4.78 is 19.0. The van der Waals surface area contributed by atoms with E-state index in [1.165, 1.54) is 12.1 Å². The number of alkyl halides is 1. The van der Waals surface area contributed by atoms with Crippen molar-refractivity contribution >= 4 is 11.6 Å². The van der Waals surface area contributed by atoms with Crippen molar-refractivity contribution in [2.24, 2.45) is 5.92 Å². The Balaban J connectivity index is 2.80. The Morgan fingerprint density at radius 1 is 1.32 bits per heavy atom. The van der Waals surface area contributed by atoms with E-state index in [0.717, 1.165) is 18.4 Å². The van der Waals surface area contributed by atoms with Crippen molar-refractivity contribution in [3.05, 3.63) is 29.6 Å². The molecule has 0 aliphatic heterocycles. The van der Waals surface area contributed by atoms with Crippen LogP contribution >= 0.6 is 11.6 Å². The van der Waals surface area contributed by atoms with Crippen LogP contribution in [0.3, 0.4) is 0 Å². The second-order valence-corrected chi connectivity index (χ2v) is 4.75. The van der Waals surface area contributed by atoms with Crippen molar-refractivity contribution in [3.63, 3.8) is 0 Å². The smallest absolute Gasteiger partial charge is 0.137 e. The van der Waals surface area contributed by atoms with Crippen LogP contribution in [-0.4, -0.2) is 12.5 Å². The normalized spacial score (nSPS) is 10.2. The van der Waals surface area contributed by atoms with Crippen molar-refractivity contribution in [2.45, 2.75) is 33.1 Å². The summed E-state index contributed by atoms with van der Waals surface area (Å²) in [5, 5.41) is 0. The third-order valence-electron chi connectivity index (χ3n) is 3.02. The largest absolute Gasteiger partial charge is 0.492 e. The van der Waals surface area contributed by atoms with Crippen molar-refractivity contribution in [1.29, 1.82) is 0 Å². The quantitative estimate of drug-likeness (QED) is 0.546. The third kappa shape index (κ3) is 5.53. The van der Waals surface area contributed by atoms with Crippen LogP contribution in [0.2, 0.25) is 0 Å². The molecule has 104 valence electrons. The molecule has 1 rings (SSSR count). The van der Waals surface area contributed by atoms with Crippen molar-refractivity contribution in [3.8, 4) is 17.6 Å². The maximum absolute atomic E-state index is 13.3. The topological polar surface area (TPSA) is 9.23 Å². The molecule has 1 aromatic carbocycles. The molecule has 0 saturated heterocycles. The first-order chi connectivity index (χ1) is 9.21. The van der Waals surface area contributed by atoms with E-state index in [1.54, 1.807) is 6.07 Å². The van der Waals surface area contributed by atoms with E-state index in [4.69, 9.17) is 16.3 Å². The first-order valence-electron chi connectivity index (χ1n) is 6.68. The summed E-state index contributed by atoms with van der Waals surface area (Å²) in [4.78, 5) is 0. The third-order valence-corrected chi connectivity index (χ3v) is 3.20. The maximum atomic E-state index is 13.3. The highest BCUT2D eigenvalue weighted by Crippen LogP contribution is 2.21. The molecule has 0 bridgehead atoms. The first-order valence-corrected chi connectivity index (χ1v) is 7.21. The van der Waals surface area contributed by atoms with Gasteiger partial charge in [0.15, 0.2) is 0 Å². The summed E-state index contributed by atoms with van der Waals surface area (Å²) >= 11 is 5.58. The van der Waals surface area contributed by atoms with Crippen LogP contribution in [0.5, 0.6) is 5.75 Å². The molecule has 0 aliphatic rings. The van der Waals surface area contributed by atoms with Crippen molar-refractivity contribution < 1.29 is 9.13 Å². The lowest BCUT2D eigenvalue weighted by molar-refractivity contribution is 0.239. The number of benzene rings is 1. The minimum Gasteiger partial charge on any atom is -0.492 e. The molecular weight excluding hydrogens is 263 g/mol. The van der Waals surface area contributed by atoms with Gasteiger partial charge in [-0.1, -0.05) is 38.5 Å². The molecule has 0 fully saturated rings. The zero-order valence-corrected chi connectivity index (χ0v) is 12.3.